The van der Waals surface area contributed by atoms with Crippen LogP contribution in [0.5, 0.6) is 0 Å². The number of furan rings is 1. The zero-order chi connectivity index (χ0) is 20.3. The summed E-state index contributed by atoms with van der Waals surface area (Å²) in [5.74, 6) is 1.72. The number of aromatic nitrogens is 3. The first kappa shape index (κ1) is 18.6. The van der Waals surface area contributed by atoms with Gasteiger partial charge in [-0.05, 0) is 12.1 Å². The molecule has 10 nitrogen and oxygen atoms in total. The molecule has 0 aromatic carbocycles. The van der Waals surface area contributed by atoms with Crippen molar-refractivity contribution in [2.75, 3.05) is 62.3 Å². The highest BCUT2D eigenvalue weighted by Crippen LogP contribution is 2.23. The molecule has 0 spiro atoms. The molecular formula is C20H22N6O4. The molecule has 0 saturated carbocycles. The van der Waals surface area contributed by atoms with E-state index in [1.54, 1.807) is 35.6 Å². The van der Waals surface area contributed by atoms with E-state index in [1.165, 1.54) is 0 Å². The molecule has 10 heteroatoms. The Hall–Kier alpha value is -3.40. The van der Waals surface area contributed by atoms with Crippen molar-refractivity contribution in [3.63, 3.8) is 0 Å². The molecule has 3 aromatic rings. The summed E-state index contributed by atoms with van der Waals surface area (Å²) in [5, 5.41) is 12.4. The van der Waals surface area contributed by atoms with E-state index >= 15 is 0 Å². The zero-order valence-electron chi connectivity index (χ0n) is 16.4. The normalized spacial score (nSPS) is 17.4. The van der Waals surface area contributed by atoms with Crippen molar-refractivity contribution in [2.24, 2.45) is 0 Å². The lowest BCUT2D eigenvalue weighted by Gasteiger charge is -2.36. The molecule has 0 radical (unpaired) electrons. The van der Waals surface area contributed by atoms with E-state index in [2.05, 4.69) is 31.2 Å². The summed E-state index contributed by atoms with van der Waals surface area (Å²) in [6, 6.07) is 7.20. The standard InChI is InChI=1S/C20H22N6O4/c27-20(16-13-18(30-23-16)17-2-1-9-29-17)26-5-3-24(4-6-26)15-12-19(22-21-14-15)25-7-10-28-11-8-25/h1-2,9,12-14H,3-8,10-11H2. The lowest BCUT2D eigenvalue weighted by atomic mass is 10.2. The van der Waals surface area contributed by atoms with Gasteiger partial charge >= 0.3 is 0 Å². The van der Waals surface area contributed by atoms with Gasteiger partial charge in [0, 0.05) is 51.4 Å². The van der Waals surface area contributed by atoms with Crippen LogP contribution in [0, 0.1) is 0 Å². The second kappa shape index (κ2) is 8.15. The minimum absolute atomic E-state index is 0.141. The van der Waals surface area contributed by atoms with Crippen LogP contribution in [0.15, 0.2) is 45.7 Å². The maximum Gasteiger partial charge on any atom is 0.276 e. The smallest absolute Gasteiger partial charge is 0.276 e. The summed E-state index contributed by atoms with van der Waals surface area (Å²) in [4.78, 5) is 19.0. The second-order valence-corrected chi connectivity index (χ2v) is 7.20. The summed E-state index contributed by atoms with van der Waals surface area (Å²) in [6.07, 6.45) is 3.33. The Labute approximate surface area is 173 Å². The van der Waals surface area contributed by atoms with Gasteiger partial charge in [-0.2, -0.15) is 5.10 Å². The number of ether oxygens (including phenoxy) is 1. The number of morpholine rings is 1. The van der Waals surface area contributed by atoms with Gasteiger partial charge < -0.3 is 28.4 Å². The molecule has 0 N–H and O–H groups in total. The fourth-order valence-corrected chi connectivity index (χ4v) is 3.71. The third-order valence-electron chi connectivity index (χ3n) is 5.39. The number of piperazine rings is 1. The molecule has 0 unspecified atom stereocenters. The lowest BCUT2D eigenvalue weighted by Crippen LogP contribution is -2.49. The summed E-state index contributed by atoms with van der Waals surface area (Å²) in [6.45, 7) is 5.66. The molecule has 2 saturated heterocycles. The predicted octanol–water partition coefficient (Wildman–Crippen LogP) is 1.52. The minimum Gasteiger partial charge on any atom is -0.461 e. The van der Waals surface area contributed by atoms with E-state index in [9.17, 15) is 4.79 Å². The molecule has 2 aliphatic heterocycles. The number of nitrogens with zero attached hydrogens (tertiary/aromatic N) is 6. The summed E-state index contributed by atoms with van der Waals surface area (Å²) in [7, 11) is 0. The predicted molar refractivity (Wildman–Crippen MR) is 107 cm³/mol. The molecular weight excluding hydrogens is 388 g/mol. The number of hydrogen-bond donors (Lipinski definition) is 0. The molecule has 0 bridgehead atoms. The molecule has 5 heterocycles. The number of amides is 1. The molecule has 2 aliphatic rings. The monoisotopic (exact) mass is 410 g/mol. The lowest BCUT2D eigenvalue weighted by molar-refractivity contribution is 0.0736. The molecule has 30 heavy (non-hydrogen) atoms. The van der Waals surface area contributed by atoms with Gasteiger partial charge in [0.25, 0.3) is 5.91 Å². The van der Waals surface area contributed by atoms with Crippen LogP contribution in [-0.4, -0.2) is 78.6 Å². The molecule has 0 aliphatic carbocycles. The van der Waals surface area contributed by atoms with Crippen LogP contribution in [0.4, 0.5) is 11.5 Å². The highest BCUT2D eigenvalue weighted by molar-refractivity contribution is 5.93. The first-order valence-corrected chi connectivity index (χ1v) is 9.98. The van der Waals surface area contributed by atoms with E-state index in [1.807, 2.05) is 0 Å². The van der Waals surface area contributed by atoms with Crippen molar-refractivity contribution in [3.05, 3.63) is 42.4 Å². The molecule has 5 rings (SSSR count). The Kier molecular flexibility index (Phi) is 5.06. The Balaban J connectivity index is 1.22. The molecule has 2 fully saturated rings. The van der Waals surface area contributed by atoms with Crippen molar-refractivity contribution in [1.29, 1.82) is 0 Å². The van der Waals surface area contributed by atoms with Crippen LogP contribution in [0.2, 0.25) is 0 Å². The van der Waals surface area contributed by atoms with Crippen LogP contribution in [0.3, 0.4) is 0 Å². The average Bonchev–Trinajstić information content (AvgIpc) is 3.52. The van der Waals surface area contributed by atoms with Gasteiger partial charge in [-0.25, -0.2) is 0 Å². The Morgan fingerprint density at radius 3 is 2.57 bits per heavy atom. The fraction of sp³-hybridized carbons (Fsp3) is 0.400. The number of carbonyl (C=O) groups is 1. The van der Waals surface area contributed by atoms with E-state index in [0.717, 1.165) is 24.6 Å². The van der Waals surface area contributed by atoms with Gasteiger partial charge in [0.2, 0.25) is 5.76 Å². The molecule has 156 valence electrons. The summed E-state index contributed by atoms with van der Waals surface area (Å²) >= 11 is 0. The Morgan fingerprint density at radius 1 is 0.967 bits per heavy atom. The number of rotatable bonds is 4. The highest BCUT2D eigenvalue weighted by atomic mass is 16.5. The Morgan fingerprint density at radius 2 is 1.80 bits per heavy atom. The van der Waals surface area contributed by atoms with Crippen LogP contribution in [0.1, 0.15) is 10.5 Å². The summed E-state index contributed by atoms with van der Waals surface area (Å²) in [5.41, 5.74) is 1.30. The van der Waals surface area contributed by atoms with Crippen molar-refractivity contribution < 1.29 is 18.5 Å². The number of hydrogen-bond acceptors (Lipinski definition) is 9. The van der Waals surface area contributed by atoms with Crippen molar-refractivity contribution >= 4 is 17.4 Å². The zero-order valence-corrected chi connectivity index (χ0v) is 16.4. The highest BCUT2D eigenvalue weighted by Gasteiger charge is 2.26. The maximum absolute atomic E-state index is 12.8. The molecule has 3 aromatic heterocycles. The Bertz CT molecular complexity index is 990. The van der Waals surface area contributed by atoms with Crippen molar-refractivity contribution in [3.8, 4) is 11.5 Å². The largest absolute Gasteiger partial charge is 0.461 e. The quantitative estimate of drug-likeness (QED) is 0.633. The number of carbonyl (C=O) groups excluding carboxylic acids is 1. The van der Waals surface area contributed by atoms with Crippen LogP contribution in [0.25, 0.3) is 11.5 Å². The van der Waals surface area contributed by atoms with Gasteiger partial charge in [-0.15, -0.1) is 5.10 Å². The van der Waals surface area contributed by atoms with Crippen LogP contribution < -0.4 is 9.80 Å². The first-order chi connectivity index (χ1) is 14.8. The fourth-order valence-electron chi connectivity index (χ4n) is 3.71. The third-order valence-corrected chi connectivity index (χ3v) is 5.39. The van der Waals surface area contributed by atoms with Gasteiger partial charge in [0.1, 0.15) is 0 Å². The topological polar surface area (TPSA) is 101 Å². The minimum atomic E-state index is -0.141. The first-order valence-electron chi connectivity index (χ1n) is 9.98. The van der Waals surface area contributed by atoms with Crippen molar-refractivity contribution in [1.82, 2.24) is 20.3 Å². The molecule has 0 atom stereocenters. The van der Waals surface area contributed by atoms with Crippen molar-refractivity contribution in [2.45, 2.75) is 0 Å². The van der Waals surface area contributed by atoms with Gasteiger partial charge in [-0.1, -0.05) is 5.16 Å². The van der Waals surface area contributed by atoms with E-state index in [-0.39, 0.29) is 11.6 Å². The second-order valence-electron chi connectivity index (χ2n) is 7.20. The summed E-state index contributed by atoms with van der Waals surface area (Å²) < 4.78 is 15.9. The maximum atomic E-state index is 12.8. The SMILES string of the molecule is O=C(c1cc(-c2ccco2)on1)N1CCN(c2cnnc(N3CCOCC3)c2)CC1. The van der Waals surface area contributed by atoms with E-state index in [4.69, 9.17) is 13.7 Å². The number of anilines is 2. The van der Waals surface area contributed by atoms with Crippen LogP contribution in [-0.2, 0) is 4.74 Å². The van der Waals surface area contributed by atoms with Crippen LogP contribution >= 0.6 is 0 Å². The van der Waals surface area contributed by atoms with Gasteiger partial charge in [0.05, 0.1) is 31.4 Å². The van der Waals surface area contributed by atoms with Gasteiger partial charge in [-0.3, -0.25) is 4.79 Å². The molecule has 1 amide bonds. The van der Waals surface area contributed by atoms with E-state index < -0.39 is 0 Å². The van der Waals surface area contributed by atoms with E-state index in [0.29, 0.717) is 50.9 Å². The average molecular weight is 410 g/mol. The third kappa shape index (κ3) is 3.73. The van der Waals surface area contributed by atoms with Gasteiger partial charge in [0.15, 0.2) is 17.3 Å².